The molecule has 4 aromatic rings. The van der Waals surface area contributed by atoms with E-state index >= 15 is 0 Å². The van der Waals surface area contributed by atoms with Crippen molar-refractivity contribution in [1.29, 1.82) is 0 Å². The lowest BCUT2D eigenvalue weighted by molar-refractivity contribution is 0.378. The van der Waals surface area contributed by atoms with Gasteiger partial charge in [-0.3, -0.25) is 4.98 Å². The number of sulfonamides is 1. The number of hydrogen-bond donors (Lipinski definition) is 0. The van der Waals surface area contributed by atoms with Crippen molar-refractivity contribution in [3.05, 3.63) is 65.9 Å². The van der Waals surface area contributed by atoms with Gasteiger partial charge in [0.05, 0.1) is 16.6 Å². The van der Waals surface area contributed by atoms with Crippen molar-refractivity contribution < 1.29 is 12.8 Å². The second kappa shape index (κ2) is 10.0. The Morgan fingerprint density at radius 2 is 1.85 bits per heavy atom. The van der Waals surface area contributed by atoms with Crippen LogP contribution in [0, 0.1) is 12.8 Å². The van der Waals surface area contributed by atoms with Gasteiger partial charge in [-0.2, -0.15) is 0 Å². The number of hydrogen-bond acceptors (Lipinski definition) is 7. The highest BCUT2D eigenvalue weighted by Gasteiger charge is 2.22. The second-order valence-corrected chi connectivity index (χ2v) is 10.7. The lowest BCUT2D eigenvalue weighted by atomic mass is 10.0. The van der Waals surface area contributed by atoms with Crippen molar-refractivity contribution in [2.45, 2.75) is 51.5 Å². The van der Waals surface area contributed by atoms with E-state index in [0.717, 1.165) is 22.4 Å². The Morgan fingerprint density at radius 1 is 1.12 bits per heavy atom. The number of fused-ring (bicyclic) bond motifs is 1. The molecule has 0 radical (unpaired) electrons. The second-order valence-electron chi connectivity index (χ2n) is 8.62. The summed E-state index contributed by atoms with van der Waals surface area (Å²) in [6.45, 7) is 6.99. The van der Waals surface area contributed by atoms with Crippen molar-refractivity contribution in [3.8, 4) is 0 Å². The van der Waals surface area contributed by atoms with Crippen molar-refractivity contribution in [2.75, 3.05) is 13.6 Å². The summed E-state index contributed by atoms with van der Waals surface area (Å²) in [4.78, 5) is 8.95. The van der Waals surface area contributed by atoms with Gasteiger partial charge in [-0.15, -0.1) is 10.2 Å². The van der Waals surface area contributed by atoms with Crippen LogP contribution in [0.3, 0.4) is 0 Å². The standard InChI is InChI=1S/C24H30N6O3S/c1-5-23-27-28-24(33-23)14-17(2)11-13-29(4)34(31,32)20-8-6-19(7-9-20)16-30-18(3)26-21-15-25-12-10-22(21)30/h6-10,12,15,17H,5,11,13-14,16H2,1-4H3. The molecule has 9 nitrogen and oxygen atoms in total. The summed E-state index contributed by atoms with van der Waals surface area (Å²) in [5.41, 5.74) is 2.85. The SMILES string of the molecule is CCc1nnc(CC(C)CCN(C)S(=O)(=O)c2ccc(Cn3c(C)nc4cnccc43)cc2)o1. The molecule has 0 saturated carbocycles. The van der Waals surface area contributed by atoms with Crippen molar-refractivity contribution in [3.63, 3.8) is 0 Å². The minimum absolute atomic E-state index is 0.216. The van der Waals surface area contributed by atoms with Crippen LogP contribution in [0.15, 0.2) is 52.0 Å². The van der Waals surface area contributed by atoms with Gasteiger partial charge in [0.2, 0.25) is 21.8 Å². The van der Waals surface area contributed by atoms with Crippen LogP contribution in [0.5, 0.6) is 0 Å². The highest BCUT2D eigenvalue weighted by molar-refractivity contribution is 7.89. The van der Waals surface area contributed by atoms with Gasteiger partial charge in [0.1, 0.15) is 11.3 Å². The molecule has 3 heterocycles. The Labute approximate surface area is 199 Å². The Balaban J connectivity index is 1.38. The van der Waals surface area contributed by atoms with Gasteiger partial charge in [-0.25, -0.2) is 17.7 Å². The first-order chi connectivity index (χ1) is 16.3. The molecular formula is C24H30N6O3S. The maximum atomic E-state index is 13.1. The molecule has 10 heteroatoms. The van der Waals surface area contributed by atoms with Crippen molar-refractivity contribution >= 4 is 21.1 Å². The lowest BCUT2D eigenvalue weighted by Gasteiger charge is -2.19. The fourth-order valence-corrected chi connectivity index (χ4v) is 5.05. The quantitative estimate of drug-likeness (QED) is 0.340. The smallest absolute Gasteiger partial charge is 0.242 e. The number of pyridine rings is 1. The summed E-state index contributed by atoms with van der Waals surface area (Å²) in [6.07, 6.45) is 5.52. The average molecular weight is 483 g/mol. The van der Waals surface area contributed by atoms with Crippen LogP contribution < -0.4 is 0 Å². The van der Waals surface area contributed by atoms with Crippen LogP contribution in [0.4, 0.5) is 0 Å². The predicted molar refractivity (Wildman–Crippen MR) is 129 cm³/mol. The van der Waals surface area contributed by atoms with E-state index in [1.54, 1.807) is 31.6 Å². The third kappa shape index (κ3) is 5.18. The first kappa shape index (κ1) is 24.0. The van der Waals surface area contributed by atoms with E-state index in [2.05, 4.69) is 31.7 Å². The molecule has 0 aliphatic rings. The molecule has 0 N–H and O–H groups in total. The number of benzene rings is 1. The molecule has 0 amide bonds. The van der Waals surface area contributed by atoms with E-state index in [1.165, 1.54) is 4.31 Å². The van der Waals surface area contributed by atoms with E-state index < -0.39 is 10.0 Å². The van der Waals surface area contributed by atoms with Crippen molar-refractivity contribution in [1.82, 2.24) is 29.0 Å². The summed E-state index contributed by atoms with van der Waals surface area (Å²) in [6, 6.07) is 9.00. The van der Waals surface area contributed by atoms with Crippen LogP contribution in [0.25, 0.3) is 11.0 Å². The Morgan fingerprint density at radius 3 is 2.56 bits per heavy atom. The molecule has 4 rings (SSSR count). The summed E-state index contributed by atoms with van der Waals surface area (Å²) in [5, 5.41) is 8.03. The predicted octanol–water partition coefficient (Wildman–Crippen LogP) is 3.62. The topological polar surface area (TPSA) is 107 Å². The number of aromatic nitrogens is 5. The fraction of sp³-hybridized carbons (Fsp3) is 0.417. The molecule has 34 heavy (non-hydrogen) atoms. The highest BCUT2D eigenvalue weighted by Crippen LogP contribution is 2.20. The fourth-order valence-electron chi connectivity index (χ4n) is 3.87. The minimum atomic E-state index is -3.57. The zero-order chi connectivity index (χ0) is 24.3. The van der Waals surface area contributed by atoms with E-state index in [1.807, 2.05) is 32.0 Å². The van der Waals surface area contributed by atoms with Crippen LogP contribution in [0.2, 0.25) is 0 Å². The highest BCUT2D eigenvalue weighted by atomic mass is 32.2. The van der Waals surface area contributed by atoms with Gasteiger partial charge in [0.25, 0.3) is 0 Å². The molecule has 0 aliphatic carbocycles. The number of imidazole rings is 1. The maximum Gasteiger partial charge on any atom is 0.242 e. The number of nitrogens with zero attached hydrogens (tertiary/aromatic N) is 6. The maximum absolute atomic E-state index is 13.1. The van der Waals surface area contributed by atoms with E-state index in [9.17, 15) is 8.42 Å². The van der Waals surface area contributed by atoms with Gasteiger partial charge >= 0.3 is 0 Å². The molecule has 1 aromatic carbocycles. The first-order valence-corrected chi connectivity index (χ1v) is 12.8. The van der Waals surface area contributed by atoms with E-state index in [0.29, 0.717) is 44.1 Å². The van der Waals surface area contributed by atoms with Gasteiger partial charge < -0.3 is 8.98 Å². The van der Waals surface area contributed by atoms with Crippen LogP contribution in [-0.4, -0.2) is 51.0 Å². The third-order valence-electron chi connectivity index (χ3n) is 5.98. The van der Waals surface area contributed by atoms with Crippen molar-refractivity contribution in [2.24, 2.45) is 5.92 Å². The summed E-state index contributed by atoms with van der Waals surface area (Å²) in [5.74, 6) is 2.33. The van der Waals surface area contributed by atoms with Gasteiger partial charge in [-0.1, -0.05) is 26.0 Å². The number of aryl methyl sites for hydroxylation is 2. The molecule has 0 saturated heterocycles. The largest absolute Gasteiger partial charge is 0.425 e. The summed E-state index contributed by atoms with van der Waals surface area (Å²) < 4.78 is 35.2. The summed E-state index contributed by atoms with van der Waals surface area (Å²) >= 11 is 0. The molecule has 1 unspecified atom stereocenters. The lowest BCUT2D eigenvalue weighted by Crippen LogP contribution is -2.29. The third-order valence-corrected chi connectivity index (χ3v) is 7.86. The Kier molecular flexibility index (Phi) is 7.08. The zero-order valence-electron chi connectivity index (χ0n) is 20.0. The van der Waals surface area contributed by atoms with Gasteiger partial charge in [0.15, 0.2) is 0 Å². The average Bonchev–Trinajstić information content (AvgIpc) is 3.41. The number of rotatable bonds is 10. The Bertz CT molecular complexity index is 1360. The molecule has 3 aromatic heterocycles. The molecule has 0 aliphatic heterocycles. The molecule has 0 fully saturated rings. The van der Waals surface area contributed by atoms with Crippen LogP contribution >= 0.6 is 0 Å². The van der Waals surface area contributed by atoms with Gasteiger partial charge in [-0.05, 0) is 43.0 Å². The first-order valence-electron chi connectivity index (χ1n) is 11.4. The molecule has 1 atom stereocenters. The van der Waals surface area contributed by atoms with Crippen LogP contribution in [0.1, 0.15) is 43.4 Å². The summed E-state index contributed by atoms with van der Waals surface area (Å²) in [7, 11) is -1.96. The molecule has 0 bridgehead atoms. The molecule has 180 valence electrons. The minimum Gasteiger partial charge on any atom is -0.425 e. The van der Waals surface area contributed by atoms with E-state index in [-0.39, 0.29) is 10.8 Å². The Hall–Kier alpha value is -3.11. The monoisotopic (exact) mass is 482 g/mol. The van der Waals surface area contributed by atoms with Gasteiger partial charge in [0, 0.05) is 39.2 Å². The molecular weight excluding hydrogens is 452 g/mol. The molecule has 0 spiro atoms. The normalized spacial score (nSPS) is 13.1. The van der Waals surface area contributed by atoms with E-state index in [4.69, 9.17) is 4.42 Å². The van der Waals surface area contributed by atoms with Crippen LogP contribution in [-0.2, 0) is 29.4 Å². The zero-order valence-corrected chi connectivity index (χ0v) is 20.8.